The normalized spacial score (nSPS) is 11.0. The van der Waals surface area contributed by atoms with Gasteiger partial charge in [-0.1, -0.05) is 47.6 Å². The Morgan fingerprint density at radius 2 is 2.08 bits per heavy atom. The third-order valence-corrected chi connectivity index (χ3v) is 4.94. The number of aryl methyl sites for hydroxylation is 1. The number of carbonyl (C=O) groups is 1. The Balaban J connectivity index is 1.60. The summed E-state index contributed by atoms with van der Waals surface area (Å²) in [6.07, 6.45) is 0. The molecule has 6 heteroatoms. The molecule has 2 aromatic carbocycles. The largest absolute Gasteiger partial charge is 0.341 e. The van der Waals surface area contributed by atoms with Crippen LogP contribution in [0.1, 0.15) is 11.1 Å². The third kappa shape index (κ3) is 3.91. The molecule has 24 heavy (non-hydrogen) atoms. The third-order valence-electron chi connectivity index (χ3n) is 3.85. The summed E-state index contributed by atoms with van der Waals surface area (Å²) in [7, 11) is 1.83. The summed E-state index contributed by atoms with van der Waals surface area (Å²) in [5, 5.41) is 1.39. The van der Waals surface area contributed by atoms with E-state index >= 15 is 0 Å². The number of aromatic nitrogens is 2. The van der Waals surface area contributed by atoms with E-state index in [0.717, 1.165) is 21.8 Å². The predicted molar refractivity (Wildman–Crippen MR) is 99.5 cm³/mol. The first-order chi connectivity index (χ1) is 11.5. The van der Waals surface area contributed by atoms with Gasteiger partial charge < -0.3 is 9.88 Å². The van der Waals surface area contributed by atoms with Crippen LogP contribution >= 0.6 is 23.4 Å². The second kappa shape index (κ2) is 7.28. The second-order valence-electron chi connectivity index (χ2n) is 5.67. The molecule has 1 N–H and O–H groups in total. The molecular formula is C18H18ClN3OS. The van der Waals surface area contributed by atoms with Crippen molar-refractivity contribution in [1.29, 1.82) is 0 Å². The Morgan fingerprint density at radius 3 is 2.88 bits per heavy atom. The first-order valence-corrected chi connectivity index (χ1v) is 8.96. The second-order valence-corrected chi connectivity index (χ2v) is 7.07. The topological polar surface area (TPSA) is 49.0 Å². The first-order valence-electron chi connectivity index (χ1n) is 7.59. The number of nitrogens with one attached hydrogen (secondary N) is 1. The van der Waals surface area contributed by atoms with Gasteiger partial charge in [-0.05, 0) is 36.2 Å². The molecule has 3 rings (SSSR count). The minimum Gasteiger partial charge on any atom is -0.341 e. The average Bonchev–Trinajstić information content (AvgIpc) is 2.96. The number of imidazole rings is 1. The molecule has 1 aromatic heterocycles. The number of benzene rings is 2. The minimum absolute atomic E-state index is 0.0711. The lowest BCUT2D eigenvalue weighted by molar-refractivity contribution is -0.127. The van der Waals surface area contributed by atoms with Crippen LogP contribution in [0.5, 0.6) is 0 Å². The maximum atomic E-state index is 12.3. The summed E-state index contributed by atoms with van der Waals surface area (Å²) in [5.41, 5.74) is 4.09. The summed E-state index contributed by atoms with van der Waals surface area (Å²) in [6, 6.07) is 13.6. The molecule has 3 aromatic rings. The van der Waals surface area contributed by atoms with Crippen molar-refractivity contribution in [2.45, 2.75) is 18.6 Å². The summed E-state index contributed by atoms with van der Waals surface area (Å²) in [5.74, 6) is 0.414. The van der Waals surface area contributed by atoms with Gasteiger partial charge in [0, 0.05) is 18.6 Å². The highest BCUT2D eigenvalue weighted by molar-refractivity contribution is 7.99. The number of amides is 1. The van der Waals surface area contributed by atoms with Crippen molar-refractivity contribution in [2.24, 2.45) is 0 Å². The van der Waals surface area contributed by atoms with Gasteiger partial charge in [-0.15, -0.1) is 0 Å². The monoisotopic (exact) mass is 359 g/mol. The molecule has 1 heterocycles. The Kier molecular flexibility index (Phi) is 5.11. The molecule has 0 saturated carbocycles. The van der Waals surface area contributed by atoms with E-state index < -0.39 is 0 Å². The lowest BCUT2D eigenvalue weighted by Crippen LogP contribution is -2.28. The maximum Gasteiger partial charge on any atom is 0.233 e. The molecular weight excluding hydrogens is 342 g/mol. The van der Waals surface area contributed by atoms with Crippen LogP contribution in [-0.4, -0.2) is 33.6 Å². The molecule has 0 bridgehead atoms. The van der Waals surface area contributed by atoms with Crippen LogP contribution in [0.15, 0.2) is 47.6 Å². The van der Waals surface area contributed by atoms with E-state index in [1.165, 1.54) is 17.3 Å². The smallest absolute Gasteiger partial charge is 0.233 e. The number of hydrogen-bond donors (Lipinski definition) is 1. The van der Waals surface area contributed by atoms with Gasteiger partial charge in [0.15, 0.2) is 5.16 Å². The maximum absolute atomic E-state index is 12.3. The Bertz CT molecular complexity index is 878. The Morgan fingerprint density at radius 1 is 1.29 bits per heavy atom. The highest BCUT2D eigenvalue weighted by Gasteiger charge is 2.12. The van der Waals surface area contributed by atoms with E-state index in [1.54, 1.807) is 11.0 Å². The number of H-pyrrole nitrogens is 1. The Labute approximate surface area is 150 Å². The first kappa shape index (κ1) is 16.9. The molecule has 0 aliphatic carbocycles. The van der Waals surface area contributed by atoms with E-state index in [0.29, 0.717) is 17.3 Å². The van der Waals surface area contributed by atoms with Crippen molar-refractivity contribution in [3.63, 3.8) is 0 Å². The zero-order valence-electron chi connectivity index (χ0n) is 13.5. The lowest BCUT2D eigenvalue weighted by Gasteiger charge is -2.18. The van der Waals surface area contributed by atoms with Crippen LogP contribution in [0.4, 0.5) is 0 Å². The molecule has 0 spiro atoms. The molecule has 1 amide bonds. The van der Waals surface area contributed by atoms with Gasteiger partial charge in [0.05, 0.1) is 16.8 Å². The molecule has 0 fully saturated rings. The molecule has 0 atom stereocenters. The molecule has 0 aliphatic heterocycles. The lowest BCUT2D eigenvalue weighted by atomic mass is 10.1. The fourth-order valence-electron chi connectivity index (χ4n) is 2.40. The molecule has 0 aliphatic rings. The van der Waals surface area contributed by atoms with Crippen molar-refractivity contribution in [3.8, 4) is 0 Å². The van der Waals surface area contributed by atoms with Crippen molar-refractivity contribution in [3.05, 3.63) is 58.6 Å². The number of carbonyl (C=O) groups excluding carboxylic acids is 1. The average molecular weight is 360 g/mol. The van der Waals surface area contributed by atoms with Gasteiger partial charge in [-0.25, -0.2) is 4.98 Å². The van der Waals surface area contributed by atoms with Crippen molar-refractivity contribution in [1.82, 2.24) is 14.9 Å². The van der Waals surface area contributed by atoms with E-state index in [-0.39, 0.29) is 5.91 Å². The Hall–Kier alpha value is -1.98. The quantitative estimate of drug-likeness (QED) is 0.692. The van der Waals surface area contributed by atoms with Crippen LogP contribution in [0.2, 0.25) is 5.02 Å². The molecule has 0 radical (unpaired) electrons. The number of aromatic amines is 1. The SMILES string of the molecule is Cc1ccccc1CN(C)C(=O)CSc1nc2ccc(Cl)cc2[nH]1. The molecule has 4 nitrogen and oxygen atoms in total. The highest BCUT2D eigenvalue weighted by Crippen LogP contribution is 2.22. The number of fused-ring (bicyclic) bond motifs is 1. The summed E-state index contributed by atoms with van der Waals surface area (Å²) in [6.45, 7) is 2.67. The summed E-state index contributed by atoms with van der Waals surface area (Å²) in [4.78, 5) is 21.7. The van der Waals surface area contributed by atoms with Gasteiger partial charge >= 0.3 is 0 Å². The minimum atomic E-state index is 0.0711. The standard InChI is InChI=1S/C18H18ClN3OS/c1-12-5-3-4-6-13(12)10-22(2)17(23)11-24-18-20-15-8-7-14(19)9-16(15)21-18/h3-9H,10-11H2,1-2H3,(H,20,21). The fourth-order valence-corrected chi connectivity index (χ4v) is 3.40. The van der Waals surface area contributed by atoms with E-state index in [4.69, 9.17) is 11.6 Å². The molecule has 124 valence electrons. The van der Waals surface area contributed by atoms with Crippen molar-refractivity contribution >= 4 is 40.3 Å². The van der Waals surface area contributed by atoms with Crippen LogP contribution in [0.3, 0.4) is 0 Å². The number of thioether (sulfide) groups is 1. The van der Waals surface area contributed by atoms with Gasteiger partial charge in [0.25, 0.3) is 0 Å². The van der Waals surface area contributed by atoms with Gasteiger partial charge in [0.1, 0.15) is 0 Å². The van der Waals surface area contributed by atoms with E-state index in [9.17, 15) is 4.79 Å². The fraction of sp³-hybridized carbons (Fsp3) is 0.222. The highest BCUT2D eigenvalue weighted by atomic mass is 35.5. The number of halogens is 1. The molecule has 0 saturated heterocycles. The van der Waals surface area contributed by atoms with Crippen molar-refractivity contribution in [2.75, 3.05) is 12.8 Å². The predicted octanol–water partition coefficient (Wildman–Crippen LogP) is 4.28. The van der Waals surface area contributed by atoms with E-state index in [2.05, 4.69) is 29.0 Å². The zero-order valence-corrected chi connectivity index (χ0v) is 15.1. The summed E-state index contributed by atoms with van der Waals surface area (Å²) < 4.78 is 0. The summed E-state index contributed by atoms with van der Waals surface area (Å²) >= 11 is 7.37. The van der Waals surface area contributed by atoms with Crippen LogP contribution in [-0.2, 0) is 11.3 Å². The van der Waals surface area contributed by atoms with Crippen molar-refractivity contribution < 1.29 is 4.79 Å². The number of rotatable bonds is 5. The van der Waals surface area contributed by atoms with Gasteiger partial charge in [-0.3, -0.25) is 4.79 Å². The number of hydrogen-bond acceptors (Lipinski definition) is 3. The van der Waals surface area contributed by atoms with Crippen LogP contribution in [0.25, 0.3) is 11.0 Å². The zero-order chi connectivity index (χ0) is 17.1. The van der Waals surface area contributed by atoms with Gasteiger partial charge in [0.2, 0.25) is 5.91 Å². The van der Waals surface area contributed by atoms with Gasteiger partial charge in [-0.2, -0.15) is 0 Å². The van der Waals surface area contributed by atoms with Crippen LogP contribution in [0, 0.1) is 6.92 Å². The number of nitrogens with zero attached hydrogens (tertiary/aromatic N) is 2. The molecule has 0 unspecified atom stereocenters. The van der Waals surface area contributed by atoms with Crippen LogP contribution < -0.4 is 0 Å². The van der Waals surface area contributed by atoms with E-state index in [1.807, 2.05) is 31.3 Å².